The average molecular weight is 373 g/mol. The maximum atomic E-state index is 6.34. The smallest absolute Gasteiger partial charge is 0.143 e. The monoisotopic (exact) mass is 372 g/mol. The predicted octanol–water partition coefficient (Wildman–Crippen LogP) is 2.54. The molecule has 2 aromatic heterocycles. The Labute approximate surface area is 152 Å². The Morgan fingerprint density at radius 1 is 0.720 bits per heavy atom. The zero-order chi connectivity index (χ0) is 17.2. The quantitative estimate of drug-likeness (QED) is 0.546. The van der Waals surface area contributed by atoms with Gasteiger partial charge in [0, 0.05) is 0 Å². The van der Waals surface area contributed by atoms with Gasteiger partial charge in [0.05, 0.1) is 21.4 Å². The molecule has 25 heavy (non-hydrogen) atoms. The number of aromatic nitrogens is 8. The fourth-order valence-corrected chi connectivity index (χ4v) is 3.05. The fourth-order valence-electron chi connectivity index (χ4n) is 2.47. The Morgan fingerprint density at radius 3 is 1.56 bits per heavy atom. The maximum absolute atomic E-state index is 6.34. The van der Waals surface area contributed by atoms with Gasteiger partial charge in [0.15, 0.2) is 0 Å². The molecule has 0 aliphatic heterocycles. The summed E-state index contributed by atoms with van der Waals surface area (Å²) in [6, 6.07) is 11.5. The number of halogens is 2. The van der Waals surface area contributed by atoms with Crippen molar-refractivity contribution in [3.8, 4) is 11.4 Å². The second kappa shape index (κ2) is 6.58. The molecule has 0 fully saturated rings. The van der Waals surface area contributed by atoms with E-state index in [0.717, 1.165) is 22.5 Å². The molecular formula is C15H10Cl2N8. The third kappa shape index (κ3) is 3.21. The summed E-state index contributed by atoms with van der Waals surface area (Å²) in [5.74, 6) is 0. The SMILES string of the molecule is Clc1cc(Cc2ccc(-n3cnnn3)c(Cl)c2)ccc1-n1cnnn1. The van der Waals surface area contributed by atoms with E-state index >= 15 is 0 Å². The molecule has 0 bridgehead atoms. The number of hydrogen-bond donors (Lipinski definition) is 0. The largest absolute Gasteiger partial charge is 0.199 e. The van der Waals surface area contributed by atoms with Crippen molar-refractivity contribution >= 4 is 23.2 Å². The molecule has 4 aromatic rings. The molecule has 0 aliphatic rings. The predicted molar refractivity (Wildman–Crippen MR) is 91.1 cm³/mol. The van der Waals surface area contributed by atoms with Gasteiger partial charge in [-0.3, -0.25) is 0 Å². The normalized spacial score (nSPS) is 11.0. The zero-order valence-electron chi connectivity index (χ0n) is 12.7. The van der Waals surface area contributed by atoms with Crippen LogP contribution in [0.15, 0.2) is 49.1 Å². The van der Waals surface area contributed by atoms with Crippen LogP contribution in [0.2, 0.25) is 10.0 Å². The van der Waals surface area contributed by atoms with Crippen molar-refractivity contribution in [2.75, 3.05) is 0 Å². The highest BCUT2D eigenvalue weighted by Gasteiger charge is 2.09. The van der Waals surface area contributed by atoms with Crippen LogP contribution in [0.5, 0.6) is 0 Å². The van der Waals surface area contributed by atoms with Gasteiger partial charge in [0.1, 0.15) is 12.7 Å². The molecule has 0 unspecified atom stereocenters. The van der Waals surface area contributed by atoms with E-state index in [0.29, 0.717) is 16.5 Å². The molecule has 2 heterocycles. The van der Waals surface area contributed by atoms with E-state index in [9.17, 15) is 0 Å². The zero-order valence-corrected chi connectivity index (χ0v) is 14.2. The van der Waals surface area contributed by atoms with Crippen LogP contribution in [-0.2, 0) is 6.42 Å². The van der Waals surface area contributed by atoms with Crippen molar-refractivity contribution in [3.63, 3.8) is 0 Å². The van der Waals surface area contributed by atoms with Gasteiger partial charge in [0.2, 0.25) is 0 Å². The maximum Gasteiger partial charge on any atom is 0.143 e. The third-order valence-electron chi connectivity index (χ3n) is 3.62. The van der Waals surface area contributed by atoms with Gasteiger partial charge in [0.25, 0.3) is 0 Å². The highest BCUT2D eigenvalue weighted by Crippen LogP contribution is 2.25. The van der Waals surface area contributed by atoms with Crippen LogP contribution in [0.1, 0.15) is 11.1 Å². The topological polar surface area (TPSA) is 87.2 Å². The minimum Gasteiger partial charge on any atom is -0.199 e. The lowest BCUT2D eigenvalue weighted by molar-refractivity contribution is 0.788. The highest BCUT2D eigenvalue weighted by atomic mass is 35.5. The summed E-state index contributed by atoms with van der Waals surface area (Å²) in [4.78, 5) is 0. The van der Waals surface area contributed by atoms with E-state index in [1.165, 1.54) is 22.0 Å². The Balaban J connectivity index is 1.58. The van der Waals surface area contributed by atoms with E-state index in [2.05, 4.69) is 31.1 Å². The third-order valence-corrected chi connectivity index (χ3v) is 4.23. The first-order valence-corrected chi connectivity index (χ1v) is 8.00. The molecule has 0 saturated heterocycles. The summed E-state index contributed by atoms with van der Waals surface area (Å²) >= 11 is 12.7. The average Bonchev–Trinajstić information content (AvgIpc) is 3.29. The fraction of sp³-hybridized carbons (Fsp3) is 0.0667. The molecule has 0 aliphatic carbocycles. The molecule has 0 spiro atoms. The summed E-state index contributed by atoms with van der Waals surface area (Å²) in [5.41, 5.74) is 3.55. The first kappa shape index (κ1) is 15.7. The second-order valence-electron chi connectivity index (χ2n) is 5.26. The number of tetrazole rings is 2. The van der Waals surface area contributed by atoms with Crippen molar-refractivity contribution in [3.05, 3.63) is 70.2 Å². The summed E-state index contributed by atoms with van der Waals surface area (Å²) in [7, 11) is 0. The lowest BCUT2D eigenvalue weighted by atomic mass is 10.0. The number of benzene rings is 2. The molecule has 8 nitrogen and oxygen atoms in total. The van der Waals surface area contributed by atoms with E-state index in [1.54, 1.807) is 0 Å². The Morgan fingerprint density at radius 2 is 1.20 bits per heavy atom. The van der Waals surface area contributed by atoms with Crippen molar-refractivity contribution in [1.29, 1.82) is 0 Å². The van der Waals surface area contributed by atoms with Crippen LogP contribution >= 0.6 is 23.2 Å². The number of rotatable bonds is 4. The summed E-state index contributed by atoms with van der Waals surface area (Å²) < 4.78 is 3.04. The minimum atomic E-state index is 0.571. The minimum absolute atomic E-state index is 0.571. The standard InChI is InChI=1S/C15H10Cl2N8/c16-12-6-10(1-3-14(12)24-8-18-20-22-24)5-11-2-4-15(13(17)7-11)25-9-19-21-23-25/h1-4,6-9H,5H2. The molecule has 0 amide bonds. The van der Waals surface area contributed by atoms with Gasteiger partial charge >= 0.3 is 0 Å². The highest BCUT2D eigenvalue weighted by molar-refractivity contribution is 6.32. The Bertz CT molecular complexity index is 917. The number of hydrogen-bond acceptors (Lipinski definition) is 6. The van der Waals surface area contributed by atoms with Gasteiger partial charge in [-0.2, -0.15) is 9.36 Å². The lowest BCUT2D eigenvalue weighted by Gasteiger charge is -2.08. The van der Waals surface area contributed by atoms with Gasteiger partial charge in [-0.15, -0.1) is 10.2 Å². The lowest BCUT2D eigenvalue weighted by Crippen LogP contribution is -1.99. The summed E-state index contributed by atoms with van der Waals surface area (Å²) in [6.07, 6.45) is 3.68. The first-order chi connectivity index (χ1) is 12.2. The van der Waals surface area contributed by atoms with Gasteiger partial charge < -0.3 is 0 Å². The van der Waals surface area contributed by atoms with Crippen LogP contribution in [0.4, 0.5) is 0 Å². The summed E-state index contributed by atoms with van der Waals surface area (Å²) in [5, 5.41) is 23.3. The van der Waals surface area contributed by atoms with Gasteiger partial charge in [-0.05, 0) is 62.7 Å². The first-order valence-electron chi connectivity index (χ1n) is 7.24. The van der Waals surface area contributed by atoms with E-state index in [-0.39, 0.29) is 0 Å². The van der Waals surface area contributed by atoms with Crippen molar-refractivity contribution in [2.24, 2.45) is 0 Å². The van der Waals surface area contributed by atoms with Crippen LogP contribution in [-0.4, -0.2) is 40.4 Å². The van der Waals surface area contributed by atoms with Crippen LogP contribution < -0.4 is 0 Å². The molecule has 0 atom stereocenters. The molecule has 0 N–H and O–H groups in total. The molecule has 2 aromatic carbocycles. The van der Waals surface area contributed by atoms with Crippen molar-refractivity contribution < 1.29 is 0 Å². The molecule has 0 radical (unpaired) electrons. The molecule has 124 valence electrons. The van der Waals surface area contributed by atoms with Crippen molar-refractivity contribution in [1.82, 2.24) is 40.4 Å². The Kier molecular flexibility index (Phi) is 4.12. The Hall–Kier alpha value is -2.84. The molecule has 4 rings (SSSR count). The summed E-state index contributed by atoms with van der Waals surface area (Å²) in [6.45, 7) is 0. The van der Waals surface area contributed by atoms with E-state index < -0.39 is 0 Å². The van der Waals surface area contributed by atoms with Crippen LogP contribution in [0, 0.1) is 0 Å². The van der Waals surface area contributed by atoms with Crippen LogP contribution in [0.3, 0.4) is 0 Å². The van der Waals surface area contributed by atoms with E-state index in [1.807, 2.05) is 36.4 Å². The van der Waals surface area contributed by atoms with Gasteiger partial charge in [-0.1, -0.05) is 35.3 Å². The van der Waals surface area contributed by atoms with E-state index in [4.69, 9.17) is 23.2 Å². The van der Waals surface area contributed by atoms with Gasteiger partial charge in [-0.25, -0.2) is 0 Å². The number of nitrogens with zero attached hydrogens (tertiary/aromatic N) is 8. The second-order valence-corrected chi connectivity index (χ2v) is 6.07. The molecular weight excluding hydrogens is 363 g/mol. The van der Waals surface area contributed by atoms with Crippen molar-refractivity contribution in [2.45, 2.75) is 6.42 Å². The van der Waals surface area contributed by atoms with Crippen LogP contribution in [0.25, 0.3) is 11.4 Å². The molecule has 10 heteroatoms. The molecule has 0 saturated carbocycles.